The Balaban J connectivity index is 1.24. The van der Waals surface area contributed by atoms with E-state index < -0.39 is 11.9 Å². The highest BCUT2D eigenvalue weighted by Crippen LogP contribution is 2.60. The van der Waals surface area contributed by atoms with Crippen molar-refractivity contribution in [2.75, 3.05) is 6.54 Å². The van der Waals surface area contributed by atoms with E-state index in [0.29, 0.717) is 17.8 Å². The molecule has 0 radical (unpaired) electrons. The SMILES string of the molecule is O=C1CC(N(C(=O)CNC(=O)C23CC4CC(CC(C4)C2)C3)C2CC2)C(=O)N1. The molecule has 1 aliphatic heterocycles. The fourth-order valence-corrected chi connectivity index (χ4v) is 6.57. The van der Waals surface area contributed by atoms with E-state index in [1.54, 1.807) is 4.90 Å². The zero-order chi connectivity index (χ0) is 18.8. The van der Waals surface area contributed by atoms with E-state index in [0.717, 1.165) is 32.1 Å². The average Bonchev–Trinajstić information content (AvgIpc) is 3.37. The lowest BCUT2D eigenvalue weighted by molar-refractivity contribution is -0.148. The van der Waals surface area contributed by atoms with Crippen LogP contribution in [0.2, 0.25) is 0 Å². The van der Waals surface area contributed by atoms with E-state index in [9.17, 15) is 19.2 Å². The molecule has 146 valence electrons. The van der Waals surface area contributed by atoms with E-state index in [1.807, 2.05) is 0 Å². The molecule has 1 unspecified atom stereocenters. The normalized spacial score (nSPS) is 39.4. The van der Waals surface area contributed by atoms with Gasteiger partial charge in [-0.05, 0) is 69.1 Å². The Bertz CT molecular complexity index is 679. The van der Waals surface area contributed by atoms with Crippen LogP contribution in [-0.4, -0.2) is 47.2 Å². The van der Waals surface area contributed by atoms with Crippen LogP contribution in [-0.2, 0) is 19.2 Å². The first-order valence-corrected chi connectivity index (χ1v) is 10.4. The molecular formula is C20H27N3O4. The topological polar surface area (TPSA) is 95.6 Å². The summed E-state index contributed by atoms with van der Waals surface area (Å²) >= 11 is 0. The smallest absolute Gasteiger partial charge is 0.249 e. The first-order chi connectivity index (χ1) is 12.9. The monoisotopic (exact) mass is 373 g/mol. The van der Waals surface area contributed by atoms with Gasteiger partial charge in [0.1, 0.15) is 6.04 Å². The highest BCUT2D eigenvalue weighted by molar-refractivity contribution is 6.07. The largest absolute Gasteiger partial charge is 0.347 e. The highest BCUT2D eigenvalue weighted by Gasteiger charge is 2.54. The van der Waals surface area contributed by atoms with Crippen LogP contribution in [0, 0.1) is 23.2 Å². The third kappa shape index (κ3) is 2.95. The fraction of sp³-hybridized carbons (Fsp3) is 0.800. The van der Waals surface area contributed by atoms with Crippen LogP contribution in [0.5, 0.6) is 0 Å². The summed E-state index contributed by atoms with van der Waals surface area (Å²) in [6, 6.07) is -0.690. The summed E-state index contributed by atoms with van der Waals surface area (Å²) in [6.07, 6.45) is 8.44. The summed E-state index contributed by atoms with van der Waals surface area (Å²) < 4.78 is 0. The number of amides is 4. The standard InChI is InChI=1S/C20H27N3O4/c24-16-6-15(18(26)22-16)23(14-1-2-14)17(25)10-21-19(27)20-7-11-3-12(8-20)5-13(4-11)9-20/h11-15H,1-10H2,(H,21,27)(H,22,24,26). The third-order valence-electron chi connectivity index (χ3n) is 7.43. The third-order valence-corrected chi connectivity index (χ3v) is 7.43. The predicted octanol–water partition coefficient (Wildman–Crippen LogP) is 0.725. The summed E-state index contributed by atoms with van der Waals surface area (Å²) in [5.41, 5.74) is -0.278. The Morgan fingerprint density at radius 3 is 2.11 bits per heavy atom. The maximum Gasteiger partial charge on any atom is 0.249 e. The molecule has 27 heavy (non-hydrogen) atoms. The van der Waals surface area contributed by atoms with Crippen LogP contribution >= 0.6 is 0 Å². The predicted molar refractivity (Wildman–Crippen MR) is 95.0 cm³/mol. The first-order valence-electron chi connectivity index (χ1n) is 10.4. The van der Waals surface area contributed by atoms with Crippen LogP contribution in [0.3, 0.4) is 0 Å². The van der Waals surface area contributed by atoms with Crippen molar-refractivity contribution in [3.8, 4) is 0 Å². The van der Waals surface area contributed by atoms with Crippen molar-refractivity contribution in [3.63, 3.8) is 0 Å². The minimum atomic E-state index is -0.714. The zero-order valence-electron chi connectivity index (χ0n) is 15.5. The van der Waals surface area contributed by atoms with Gasteiger partial charge in [0.15, 0.2) is 0 Å². The second-order valence-corrected chi connectivity index (χ2v) is 9.55. The molecule has 0 spiro atoms. The fourth-order valence-electron chi connectivity index (χ4n) is 6.57. The van der Waals surface area contributed by atoms with Crippen molar-refractivity contribution >= 4 is 23.6 Å². The van der Waals surface area contributed by atoms with E-state index >= 15 is 0 Å². The zero-order valence-corrected chi connectivity index (χ0v) is 15.5. The molecule has 1 saturated heterocycles. The molecule has 2 N–H and O–H groups in total. The lowest BCUT2D eigenvalue weighted by Gasteiger charge is -2.55. The molecule has 6 aliphatic rings. The average molecular weight is 373 g/mol. The number of nitrogens with zero attached hydrogens (tertiary/aromatic N) is 1. The Hall–Kier alpha value is -1.92. The van der Waals surface area contributed by atoms with Crippen LogP contribution < -0.4 is 10.6 Å². The molecule has 0 aromatic heterocycles. The van der Waals surface area contributed by atoms with Crippen molar-refractivity contribution in [2.45, 2.75) is 69.9 Å². The first kappa shape index (κ1) is 17.2. The molecule has 4 bridgehead atoms. The number of hydrogen-bond donors (Lipinski definition) is 2. The summed E-state index contributed by atoms with van der Waals surface area (Å²) in [7, 11) is 0. The molecule has 6 fully saturated rings. The van der Waals surface area contributed by atoms with Gasteiger partial charge in [0.2, 0.25) is 23.6 Å². The van der Waals surface area contributed by atoms with Crippen molar-refractivity contribution in [1.82, 2.24) is 15.5 Å². The van der Waals surface area contributed by atoms with Gasteiger partial charge in [-0.2, -0.15) is 0 Å². The highest BCUT2D eigenvalue weighted by atomic mass is 16.2. The van der Waals surface area contributed by atoms with Crippen LogP contribution in [0.1, 0.15) is 57.8 Å². The van der Waals surface area contributed by atoms with E-state index in [1.165, 1.54) is 19.3 Å². The summed E-state index contributed by atoms with van der Waals surface area (Å²) in [5, 5.41) is 5.18. The number of imide groups is 1. The summed E-state index contributed by atoms with van der Waals surface area (Å²) in [5.74, 6) is 1.08. The molecule has 6 rings (SSSR count). The van der Waals surface area contributed by atoms with Crippen molar-refractivity contribution < 1.29 is 19.2 Å². The van der Waals surface area contributed by atoms with E-state index in [2.05, 4.69) is 10.6 Å². The van der Waals surface area contributed by atoms with Gasteiger partial charge in [0.25, 0.3) is 0 Å². The Labute approximate surface area is 158 Å². The van der Waals surface area contributed by atoms with Gasteiger partial charge in [-0.15, -0.1) is 0 Å². The molecule has 7 nitrogen and oxygen atoms in total. The Morgan fingerprint density at radius 2 is 1.63 bits per heavy atom. The quantitative estimate of drug-likeness (QED) is 0.695. The van der Waals surface area contributed by atoms with Crippen molar-refractivity contribution in [2.24, 2.45) is 23.2 Å². The minimum Gasteiger partial charge on any atom is -0.347 e. The van der Waals surface area contributed by atoms with E-state index in [4.69, 9.17) is 0 Å². The van der Waals surface area contributed by atoms with Crippen LogP contribution in [0.15, 0.2) is 0 Å². The Morgan fingerprint density at radius 1 is 1.04 bits per heavy atom. The lowest BCUT2D eigenvalue weighted by Crippen LogP contribution is -2.55. The molecule has 0 aromatic rings. The summed E-state index contributed by atoms with van der Waals surface area (Å²) in [6.45, 7) is -0.0744. The van der Waals surface area contributed by atoms with E-state index in [-0.39, 0.29) is 42.1 Å². The van der Waals surface area contributed by atoms with Crippen molar-refractivity contribution in [3.05, 3.63) is 0 Å². The molecule has 5 saturated carbocycles. The van der Waals surface area contributed by atoms with Crippen molar-refractivity contribution in [1.29, 1.82) is 0 Å². The maximum absolute atomic E-state index is 13.0. The minimum absolute atomic E-state index is 0.0237. The van der Waals surface area contributed by atoms with Crippen LogP contribution in [0.4, 0.5) is 0 Å². The van der Waals surface area contributed by atoms with Gasteiger partial charge >= 0.3 is 0 Å². The van der Waals surface area contributed by atoms with Gasteiger partial charge in [0, 0.05) is 11.5 Å². The van der Waals surface area contributed by atoms with Gasteiger partial charge in [-0.25, -0.2) is 0 Å². The second kappa shape index (κ2) is 6.04. The number of hydrogen-bond acceptors (Lipinski definition) is 4. The number of nitrogens with one attached hydrogen (secondary N) is 2. The molecule has 7 heteroatoms. The Kier molecular flexibility index (Phi) is 3.85. The molecule has 1 heterocycles. The molecule has 0 aromatic carbocycles. The maximum atomic E-state index is 13.0. The van der Waals surface area contributed by atoms with Gasteiger partial charge in [-0.3, -0.25) is 24.5 Å². The molecule has 5 aliphatic carbocycles. The number of carbonyl (C=O) groups is 4. The second-order valence-electron chi connectivity index (χ2n) is 9.55. The van der Waals surface area contributed by atoms with Gasteiger partial charge in [0.05, 0.1) is 13.0 Å². The lowest BCUT2D eigenvalue weighted by atomic mass is 9.49. The molecule has 4 amide bonds. The summed E-state index contributed by atoms with van der Waals surface area (Å²) in [4.78, 5) is 50.9. The molecular weight excluding hydrogens is 346 g/mol. The van der Waals surface area contributed by atoms with Gasteiger partial charge in [-0.1, -0.05) is 0 Å². The number of rotatable bonds is 5. The molecule has 1 atom stereocenters. The number of carbonyl (C=O) groups excluding carboxylic acids is 4. The van der Waals surface area contributed by atoms with Crippen LogP contribution in [0.25, 0.3) is 0 Å². The van der Waals surface area contributed by atoms with Gasteiger partial charge < -0.3 is 10.2 Å².